The molecule has 0 fully saturated rings. The SMILES string of the molecule is CS(=O)(=O)c1ccc(-c2ccc(-c3cnc4c(C#N)cnn4c3-c3ccccc3)cc2)cc1. The van der Waals surface area contributed by atoms with Gasteiger partial charge in [0.25, 0.3) is 0 Å². The van der Waals surface area contributed by atoms with E-state index < -0.39 is 9.84 Å². The lowest BCUT2D eigenvalue weighted by Gasteiger charge is -2.13. The Morgan fingerprint density at radius 3 is 2.00 bits per heavy atom. The molecule has 2 aromatic heterocycles. The minimum atomic E-state index is -3.23. The minimum absolute atomic E-state index is 0.297. The van der Waals surface area contributed by atoms with Crippen molar-refractivity contribution in [2.24, 2.45) is 0 Å². The second-order valence-electron chi connectivity index (χ2n) is 7.67. The van der Waals surface area contributed by atoms with Gasteiger partial charge in [0.2, 0.25) is 0 Å². The van der Waals surface area contributed by atoms with Crippen molar-refractivity contribution in [2.45, 2.75) is 4.90 Å². The highest BCUT2D eigenvalue weighted by Gasteiger charge is 2.16. The zero-order chi connectivity index (χ0) is 23.0. The Hall–Kier alpha value is -4.28. The van der Waals surface area contributed by atoms with Gasteiger partial charge in [0.15, 0.2) is 15.5 Å². The third-order valence-corrected chi connectivity index (χ3v) is 6.63. The highest BCUT2D eigenvalue weighted by Crippen LogP contribution is 2.33. The quantitative estimate of drug-likeness (QED) is 0.384. The van der Waals surface area contributed by atoms with Crippen LogP contribution in [0.4, 0.5) is 0 Å². The van der Waals surface area contributed by atoms with Crippen molar-refractivity contribution in [3.05, 3.63) is 96.8 Å². The zero-order valence-electron chi connectivity index (χ0n) is 17.7. The summed E-state index contributed by atoms with van der Waals surface area (Å²) in [7, 11) is -3.23. The maximum atomic E-state index is 11.7. The molecule has 6 nitrogen and oxygen atoms in total. The van der Waals surface area contributed by atoms with Crippen LogP contribution in [0, 0.1) is 11.3 Å². The van der Waals surface area contributed by atoms with Gasteiger partial charge in [-0.25, -0.2) is 17.9 Å². The molecule has 7 heteroatoms. The average Bonchev–Trinajstić information content (AvgIpc) is 3.27. The number of nitriles is 1. The molecule has 0 aliphatic heterocycles. The van der Waals surface area contributed by atoms with E-state index in [1.54, 1.807) is 22.8 Å². The number of nitrogens with zero attached hydrogens (tertiary/aromatic N) is 4. The molecule has 33 heavy (non-hydrogen) atoms. The Bertz CT molecular complexity index is 1610. The predicted octanol–water partition coefficient (Wildman–Crippen LogP) is 5.01. The predicted molar refractivity (Wildman–Crippen MR) is 127 cm³/mol. The van der Waals surface area contributed by atoms with E-state index in [2.05, 4.69) is 16.2 Å². The summed E-state index contributed by atoms with van der Waals surface area (Å²) in [6, 6.07) is 26.9. The summed E-state index contributed by atoms with van der Waals surface area (Å²) in [6.45, 7) is 0. The lowest BCUT2D eigenvalue weighted by Crippen LogP contribution is -2.00. The highest BCUT2D eigenvalue weighted by molar-refractivity contribution is 7.90. The van der Waals surface area contributed by atoms with E-state index in [4.69, 9.17) is 0 Å². The van der Waals surface area contributed by atoms with Crippen molar-refractivity contribution < 1.29 is 8.42 Å². The van der Waals surface area contributed by atoms with Crippen LogP contribution in [0.5, 0.6) is 0 Å². The fourth-order valence-electron chi connectivity index (χ4n) is 3.83. The van der Waals surface area contributed by atoms with Crippen molar-refractivity contribution in [1.82, 2.24) is 14.6 Å². The fraction of sp³-hybridized carbons (Fsp3) is 0.0385. The molecule has 0 amide bonds. The number of rotatable bonds is 4. The molecule has 0 aliphatic carbocycles. The first-order valence-corrected chi connectivity index (χ1v) is 12.1. The molecule has 0 unspecified atom stereocenters. The van der Waals surface area contributed by atoms with E-state index in [1.807, 2.05) is 66.7 Å². The maximum Gasteiger partial charge on any atom is 0.175 e. The first kappa shape index (κ1) is 20.6. The largest absolute Gasteiger partial charge is 0.235 e. The summed E-state index contributed by atoms with van der Waals surface area (Å²) in [5.74, 6) is 0. The Morgan fingerprint density at radius 1 is 0.788 bits per heavy atom. The molecule has 0 saturated heterocycles. The summed E-state index contributed by atoms with van der Waals surface area (Å²) in [4.78, 5) is 4.81. The Kier molecular flexibility index (Phi) is 5.00. The molecule has 0 atom stereocenters. The Labute approximate surface area is 191 Å². The van der Waals surface area contributed by atoms with Crippen LogP contribution in [0.2, 0.25) is 0 Å². The maximum absolute atomic E-state index is 11.7. The van der Waals surface area contributed by atoms with Gasteiger partial charge in [-0.15, -0.1) is 0 Å². The summed E-state index contributed by atoms with van der Waals surface area (Å²) < 4.78 is 25.1. The molecule has 2 heterocycles. The van der Waals surface area contributed by atoms with E-state index in [0.29, 0.717) is 16.1 Å². The van der Waals surface area contributed by atoms with E-state index in [-0.39, 0.29) is 0 Å². The van der Waals surface area contributed by atoms with Gasteiger partial charge in [-0.3, -0.25) is 0 Å². The van der Waals surface area contributed by atoms with Crippen LogP contribution in [0.1, 0.15) is 5.56 Å². The van der Waals surface area contributed by atoms with Crippen LogP contribution < -0.4 is 0 Å². The number of fused-ring (bicyclic) bond motifs is 1. The number of sulfone groups is 1. The van der Waals surface area contributed by atoms with Crippen molar-refractivity contribution in [3.8, 4) is 39.6 Å². The average molecular weight is 451 g/mol. The molecule has 160 valence electrons. The Morgan fingerprint density at radius 2 is 1.39 bits per heavy atom. The molecule has 0 radical (unpaired) electrons. The van der Waals surface area contributed by atoms with Crippen LogP contribution in [0.3, 0.4) is 0 Å². The van der Waals surface area contributed by atoms with Crippen LogP contribution in [0.15, 0.2) is 96.2 Å². The Balaban J connectivity index is 1.61. The van der Waals surface area contributed by atoms with Gasteiger partial charge in [-0.2, -0.15) is 10.4 Å². The van der Waals surface area contributed by atoms with E-state index in [9.17, 15) is 13.7 Å². The molecule has 0 N–H and O–H groups in total. The van der Waals surface area contributed by atoms with Crippen molar-refractivity contribution in [3.63, 3.8) is 0 Å². The molecular formula is C26H18N4O2S. The summed E-state index contributed by atoms with van der Waals surface area (Å²) >= 11 is 0. The number of benzene rings is 3. The van der Waals surface area contributed by atoms with E-state index in [1.165, 1.54) is 12.5 Å². The number of hydrogen-bond donors (Lipinski definition) is 0. The van der Waals surface area contributed by atoms with Gasteiger partial charge in [0.1, 0.15) is 11.6 Å². The molecule has 0 aliphatic rings. The van der Waals surface area contributed by atoms with Crippen molar-refractivity contribution in [1.29, 1.82) is 5.26 Å². The molecular weight excluding hydrogens is 432 g/mol. The van der Waals surface area contributed by atoms with Crippen molar-refractivity contribution in [2.75, 3.05) is 6.26 Å². The fourth-order valence-corrected chi connectivity index (χ4v) is 4.46. The zero-order valence-corrected chi connectivity index (χ0v) is 18.5. The summed E-state index contributed by atoms with van der Waals surface area (Å²) in [5.41, 5.74) is 6.50. The van der Waals surface area contributed by atoms with E-state index in [0.717, 1.165) is 33.5 Å². The summed E-state index contributed by atoms with van der Waals surface area (Å²) in [6.07, 6.45) is 4.50. The molecule has 0 saturated carbocycles. The normalized spacial score (nSPS) is 11.4. The molecule has 3 aromatic carbocycles. The first-order valence-electron chi connectivity index (χ1n) is 10.2. The number of hydrogen-bond acceptors (Lipinski definition) is 5. The van der Waals surface area contributed by atoms with Gasteiger partial charge in [0.05, 0.1) is 16.8 Å². The van der Waals surface area contributed by atoms with Gasteiger partial charge in [-0.05, 0) is 28.8 Å². The molecule has 5 aromatic rings. The topological polar surface area (TPSA) is 88.1 Å². The van der Waals surface area contributed by atoms with Crippen LogP contribution >= 0.6 is 0 Å². The van der Waals surface area contributed by atoms with Crippen LogP contribution in [-0.2, 0) is 9.84 Å². The summed E-state index contributed by atoms with van der Waals surface area (Å²) in [5, 5.41) is 13.8. The van der Waals surface area contributed by atoms with Gasteiger partial charge >= 0.3 is 0 Å². The van der Waals surface area contributed by atoms with Gasteiger partial charge < -0.3 is 0 Å². The third-order valence-electron chi connectivity index (χ3n) is 5.51. The van der Waals surface area contributed by atoms with Crippen LogP contribution in [-0.4, -0.2) is 29.3 Å². The molecule has 5 rings (SSSR count). The molecule has 0 bridgehead atoms. The smallest absolute Gasteiger partial charge is 0.175 e. The lowest BCUT2D eigenvalue weighted by molar-refractivity contribution is 0.602. The van der Waals surface area contributed by atoms with Crippen molar-refractivity contribution >= 4 is 15.5 Å². The standard InChI is InChI=1S/C26H18N4O2S/c1-33(31,32)23-13-11-19(12-14-23)18-7-9-20(10-8-18)24-17-28-26-22(15-27)16-29-30(26)25(24)21-5-3-2-4-6-21/h2-14,16-17H,1H3. The molecule has 0 spiro atoms. The highest BCUT2D eigenvalue weighted by atomic mass is 32.2. The first-order chi connectivity index (χ1) is 16.0. The van der Waals surface area contributed by atoms with Gasteiger partial charge in [-0.1, -0.05) is 66.7 Å². The minimum Gasteiger partial charge on any atom is -0.235 e. The second-order valence-corrected chi connectivity index (χ2v) is 9.68. The third kappa shape index (κ3) is 3.77. The monoisotopic (exact) mass is 450 g/mol. The number of aromatic nitrogens is 3. The van der Waals surface area contributed by atoms with Crippen LogP contribution in [0.25, 0.3) is 39.2 Å². The lowest BCUT2D eigenvalue weighted by atomic mass is 9.98. The second kappa shape index (κ2) is 8.01. The van der Waals surface area contributed by atoms with Gasteiger partial charge in [0, 0.05) is 23.6 Å². The van der Waals surface area contributed by atoms with E-state index >= 15 is 0 Å².